The van der Waals surface area contributed by atoms with Gasteiger partial charge in [0.1, 0.15) is 0 Å². The molecule has 0 N–H and O–H groups in total. The van der Waals surface area contributed by atoms with Crippen molar-refractivity contribution in [1.29, 1.82) is 0 Å². The zero-order valence-corrected chi connectivity index (χ0v) is 34.2. The summed E-state index contributed by atoms with van der Waals surface area (Å²) in [6, 6.07) is 80.1. The normalized spacial score (nSPS) is 12.3. The van der Waals surface area contributed by atoms with E-state index in [1.807, 2.05) is 0 Å². The molecule has 1 aliphatic rings. The van der Waals surface area contributed by atoms with Gasteiger partial charge in [-0.15, -0.1) is 0 Å². The minimum absolute atomic E-state index is 1.03. The average Bonchev–Trinajstić information content (AvgIpc) is 3.87. The van der Waals surface area contributed by atoms with Gasteiger partial charge in [0.2, 0.25) is 0 Å². The molecule has 2 heteroatoms. The van der Waals surface area contributed by atoms with Gasteiger partial charge in [0.05, 0.1) is 16.6 Å². The third-order valence-electron chi connectivity index (χ3n) is 12.7. The Morgan fingerprint density at radius 2 is 0.661 bits per heavy atom. The lowest BCUT2D eigenvalue weighted by atomic mass is 9.97. The van der Waals surface area contributed by atoms with Gasteiger partial charge in [-0.25, -0.2) is 0 Å². The van der Waals surface area contributed by atoms with Crippen LogP contribution in [-0.4, -0.2) is 9.13 Å². The van der Waals surface area contributed by atoms with E-state index in [4.69, 9.17) is 0 Å². The fourth-order valence-electron chi connectivity index (χ4n) is 9.75. The van der Waals surface area contributed by atoms with Crippen LogP contribution in [0.25, 0.3) is 112 Å². The Kier molecular flexibility index (Phi) is 8.67. The van der Waals surface area contributed by atoms with Crippen LogP contribution in [0.1, 0.15) is 12.8 Å². The lowest BCUT2D eigenvalue weighted by Gasteiger charge is -2.15. The second kappa shape index (κ2) is 15.0. The van der Waals surface area contributed by atoms with E-state index in [0.717, 1.165) is 18.5 Å². The van der Waals surface area contributed by atoms with Gasteiger partial charge < -0.3 is 9.13 Å². The van der Waals surface area contributed by atoms with E-state index >= 15 is 0 Å². The maximum atomic E-state index is 2.51. The van der Waals surface area contributed by atoms with Crippen molar-refractivity contribution in [2.24, 2.45) is 0 Å². The smallest absolute Gasteiger partial charge is 0.0547 e. The number of hydrogen-bond acceptors (Lipinski definition) is 0. The highest BCUT2D eigenvalue weighted by atomic mass is 15.0. The van der Waals surface area contributed by atoms with E-state index in [-0.39, 0.29) is 0 Å². The first-order chi connectivity index (χ1) is 30.7. The summed E-state index contributed by atoms with van der Waals surface area (Å²) in [5, 5.41) is 6.37. The summed E-state index contributed by atoms with van der Waals surface area (Å²) >= 11 is 0. The molecule has 0 atom stereocenters. The summed E-state index contributed by atoms with van der Waals surface area (Å²) < 4.78 is 4.98. The van der Waals surface area contributed by atoms with Gasteiger partial charge in [0, 0.05) is 38.1 Å². The van der Waals surface area contributed by atoms with E-state index in [9.17, 15) is 0 Å². The van der Waals surface area contributed by atoms with Crippen molar-refractivity contribution in [2.45, 2.75) is 12.8 Å². The van der Waals surface area contributed by atoms with Crippen molar-refractivity contribution in [3.05, 3.63) is 229 Å². The largest absolute Gasteiger partial charge is 0.310 e. The fraction of sp³-hybridized carbons (Fsp3) is 0.0333. The lowest BCUT2D eigenvalue weighted by Crippen LogP contribution is -2.30. The number of fused-ring (bicyclic) bond motifs is 6. The maximum absolute atomic E-state index is 2.51. The number of para-hydroxylation sites is 1. The molecule has 11 aromatic rings. The molecule has 0 bridgehead atoms. The fourth-order valence-corrected chi connectivity index (χ4v) is 9.75. The first-order valence-electron chi connectivity index (χ1n) is 21.6. The van der Waals surface area contributed by atoms with Crippen molar-refractivity contribution in [3.8, 4) is 67.0 Å². The van der Waals surface area contributed by atoms with E-state index in [1.165, 1.54) is 105 Å². The summed E-state index contributed by atoms with van der Waals surface area (Å²) in [6.45, 7) is 0. The molecule has 2 nitrogen and oxygen atoms in total. The van der Waals surface area contributed by atoms with Gasteiger partial charge in [-0.3, -0.25) is 0 Å². The van der Waals surface area contributed by atoms with Crippen LogP contribution in [0.15, 0.2) is 218 Å². The highest BCUT2D eigenvalue weighted by molar-refractivity contribution is 6.10. The molecule has 0 saturated heterocycles. The van der Waals surface area contributed by atoms with Gasteiger partial charge in [0.25, 0.3) is 0 Å². The Balaban J connectivity index is 1.08. The molecule has 2 heterocycles. The number of benzene rings is 9. The van der Waals surface area contributed by atoms with E-state index < -0.39 is 0 Å². The molecule has 0 fully saturated rings. The molecule has 0 aliphatic heterocycles. The molecule has 12 rings (SSSR count). The van der Waals surface area contributed by atoms with Crippen molar-refractivity contribution < 1.29 is 0 Å². The van der Waals surface area contributed by atoms with E-state index in [1.54, 1.807) is 0 Å². The summed E-state index contributed by atoms with van der Waals surface area (Å²) in [5.74, 6) is 0. The topological polar surface area (TPSA) is 9.86 Å². The number of aromatic nitrogens is 2. The monoisotopic (exact) mass is 790 g/mol. The minimum Gasteiger partial charge on any atom is -0.310 e. The molecule has 292 valence electrons. The molecule has 0 spiro atoms. The van der Waals surface area contributed by atoms with Crippen molar-refractivity contribution in [3.63, 3.8) is 0 Å². The second-order valence-corrected chi connectivity index (χ2v) is 16.4. The van der Waals surface area contributed by atoms with E-state index in [0.29, 0.717) is 0 Å². The van der Waals surface area contributed by atoms with Gasteiger partial charge in [0.15, 0.2) is 0 Å². The predicted octanol–water partition coefficient (Wildman–Crippen LogP) is 14.4. The van der Waals surface area contributed by atoms with E-state index in [2.05, 4.69) is 240 Å². The average molecular weight is 791 g/mol. The van der Waals surface area contributed by atoms with Crippen LogP contribution in [0, 0.1) is 0 Å². The lowest BCUT2D eigenvalue weighted by molar-refractivity contribution is 1.02. The van der Waals surface area contributed by atoms with Gasteiger partial charge in [-0.1, -0.05) is 176 Å². The SMILES string of the molecule is C1=c2c(n(-c3cc(-c4ccccc4)cc(-c4ccccc4)c3)c3cc(-c4ccc5c6ccccc6n(-c6cc(-c7ccccc7)cc(-c7ccccc7)c6)c5c4)ccc23)=CCC1. The zero-order valence-electron chi connectivity index (χ0n) is 34.2. The highest BCUT2D eigenvalue weighted by Crippen LogP contribution is 2.39. The van der Waals surface area contributed by atoms with Gasteiger partial charge >= 0.3 is 0 Å². The summed E-state index contributed by atoms with van der Waals surface area (Å²) in [6.07, 6.45) is 6.94. The molecule has 62 heavy (non-hydrogen) atoms. The Labute approximate surface area is 361 Å². The molecule has 9 aromatic carbocycles. The molecule has 0 amide bonds. The van der Waals surface area contributed by atoms with Crippen LogP contribution >= 0.6 is 0 Å². The predicted molar refractivity (Wildman–Crippen MR) is 262 cm³/mol. The Hall–Kier alpha value is -7.94. The van der Waals surface area contributed by atoms with Crippen molar-refractivity contribution in [2.75, 3.05) is 0 Å². The third kappa shape index (κ3) is 6.19. The summed E-state index contributed by atoms with van der Waals surface area (Å²) in [4.78, 5) is 0. The van der Waals surface area contributed by atoms with Crippen LogP contribution in [0.4, 0.5) is 0 Å². The number of rotatable bonds is 7. The van der Waals surface area contributed by atoms with Crippen LogP contribution < -0.4 is 10.6 Å². The van der Waals surface area contributed by atoms with Gasteiger partial charge in [-0.2, -0.15) is 0 Å². The Morgan fingerprint density at radius 1 is 0.258 bits per heavy atom. The first-order valence-corrected chi connectivity index (χ1v) is 21.6. The van der Waals surface area contributed by atoms with Crippen LogP contribution in [0.2, 0.25) is 0 Å². The van der Waals surface area contributed by atoms with Crippen LogP contribution in [-0.2, 0) is 0 Å². The molecular weight excluding hydrogens is 749 g/mol. The minimum atomic E-state index is 1.03. The Bertz CT molecular complexity index is 3480. The highest BCUT2D eigenvalue weighted by Gasteiger charge is 2.18. The summed E-state index contributed by atoms with van der Waals surface area (Å²) in [7, 11) is 0. The summed E-state index contributed by atoms with van der Waals surface area (Å²) in [5.41, 5.74) is 17.9. The third-order valence-corrected chi connectivity index (χ3v) is 12.7. The molecule has 1 aliphatic carbocycles. The van der Waals surface area contributed by atoms with Crippen molar-refractivity contribution in [1.82, 2.24) is 9.13 Å². The molecule has 0 unspecified atom stereocenters. The zero-order chi connectivity index (χ0) is 41.0. The van der Waals surface area contributed by atoms with Crippen molar-refractivity contribution >= 4 is 44.9 Å². The second-order valence-electron chi connectivity index (χ2n) is 16.4. The molecular formula is C60H42N2. The molecule has 2 aromatic heterocycles. The molecule has 0 saturated carbocycles. The number of nitrogens with zero attached hydrogens (tertiary/aromatic N) is 2. The van der Waals surface area contributed by atoms with Crippen LogP contribution in [0.3, 0.4) is 0 Å². The first kappa shape index (κ1) is 36.0. The standard InChI is InChI=1S/C60H42N2/c1-5-17-41(18-6-1)47-33-48(42-19-7-2-8-20-42)36-51(35-47)61-57-27-15-13-25-53(57)55-31-29-45(39-59(55)61)46-30-32-56-54-26-14-16-28-58(54)62(60(56)40-46)52-37-49(43-21-9-3-10-22-43)34-50(38-52)44-23-11-4-12-24-44/h1-13,15,17-40H,14,16H2. The number of hydrogen-bond donors (Lipinski definition) is 0. The van der Waals surface area contributed by atoms with Gasteiger partial charge in [-0.05, 0) is 123 Å². The molecule has 0 radical (unpaired) electrons. The maximum Gasteiger partial charge on any atom is 0.0547 e. The quantitative estimate of drug-likeness (QED) is 0.152. The Morgan fingerprint density at radius 3 is 1.18 bits per heavy atom. The van der Waals surface area contributed by atoms with Crippen LogP contribution in [0.5, 0.6) is 0 Å².